The second-order valence-electron chi connectivity index (χ2n) is 7.74. The molecule has 0 radical (unpaired) electrons. The lowest BCUT2D eigenvalue weighted by atomic mass is 9.95. The zero-order valence-corrected chi connectivity index (χ0v) is 14.2. The maximum Gasteiger partial charge on any atom is 0.0126 e. The van der Waals surface area contributed by atoms with E-state index in [1.54, 1.807) is 0 Å². The smallest absolute Gasteiger partial charge is 0.0126 e. The van der Waals surface area contributed by atoms with Gasteiger partial charge in [-0.25, -0.2) is 0 Å². The molecule has 0 N–H and O–H groups in total. The van der Waals surface area contributed by atoms with Crippen molar-refractivity contribution in [2.45, 2.75) is 52.5 Å². The van der Waals surface area contributed by atoms with Crippen LogP contribution in [-0.2, 0) is 0 Å². The molecule has 0 unspecified atom stereocenters. The number of likely N-dealkylation sites (tertiary alicyclic amines) is 1. The minimum absolute atomic E-state index is 0.345. The molecule has 3 heteroatoms. The van der Waals surface area contributed by atoms with Gasteiger partial charge in [-0.1, -0.05) is 6.92 Å². The molecule has 0 aromatic heterocycles. The summed E-state index contributed by atoms with van der Waals surface area (Å²) in [6.45, 7) is 19.7. The van der Waals surface area contributed by atoms with Crippen LogP contribution in [-0.4, -0.2) is 72.6 Å². The van der Waals surface area contributed by atoms with Gasteiger partial charge in [-0.15, -0.1) is 0 Å². The van der Waals surface area contributed by atoms with Gasteiger partial charge >= 0.3 is 0 Å². The van der Waals surface area contributed by atoms with Crippen LogP contribution in [0.25, 0.3) is 0 Å². The molecule has 0 aromatic rings. The van der Waals surface area contributed by atoms with Crippen molar-refractivity contribution < 1.29 is 0 Å². The van der Waals surface area contributed by atoms with Crippen molar-refractivity contribution in [2.75, 3.05) is 52.4 Å². The highest BCUT2D eigenvalue weighted by Gasteiger charge is 2.27. The van der Waals surface area contributed by atoms with Crippen LogP contribution in [0.2, 0.25) is 0 Å². The first-order chi connectivity index (χ1) is 9.49. The summed E-state index contributed by atoms with van der Waals surface area (Å²) in [6.07, 6.45) is 4.14. The van der Waals surface area contributed by atoms with E-state index in [4.69, 9.17) is 0 Å². The molecule has 0 amide bonds. The molecular weight excluding hydrogens is 246 g/mol. The molecule has 2 heterocycles. The third-order valence-electron chi connectivity index (χ3n) is 5.08. The quantitative estimate of drug-likeness (QED) is 0.784. The molecule has 0 aliphatic carbocycles. The monoisotopic (exact) mass is 281 g/mol. The number of piperidine rings is 1. The molecule has 0 atom stereocenters. The summed E-state index contributed by atoms with van der Waals surface area (Å²) in [7, 11) is 0. The molecule has 2 aliphatic rings. The fourth-order valence-electron chi connectivity index (χ4n) is 3.68. The van der Waals surface area contributed by atoms with Crippen molar-refractivity contribution in [1.82, 2.24) is 14.7 Å². The lowest BCUT2D eigenvalue weighted by Crippen LogP contribution is -2.54. The van der Waals surface area contributed by atoms with Gasteiger partial charge in [-0.3, -0.25) is 4.90 Å². The first kappa shape index (κ1) is 16.3. The molecular formula is C17H35N3. The van der Waals surface area contributed by atoms with Gasteiger partial charge in [0.05, 0.1) is 0 Å². The molecule has 0 spiro atoms. The van der Waals surface area contributed by atoms with Crippen molar-refractivity contribution in [3.63, 3.8) is 0 Å². The van der Waals surface area contributed by atoms with Crippen molar-refractivity contribution in [3.8, 4) is 0 Å². The molecule has 2 fully saturated rings. The summed E-state index contributed by atoms with van der Waals surface area (Å²) >= 11 is 0. The Morgan fingerprint density at radius 1 is 0.850 bits per heavy atom. The first-order valence-corrected chi connectivity index (χ1v) is 8.69. The second kappa shape index (κ2) is 7.24. The van der Waals surface area contributed by atoms with E-state index in [2.05, 4.69) is 42.4 Å². The molecule has 0 bridgehead atoms. The Balaban J connectivity index is 1.66. The van der Waals surface area contributed by atoms with Crippen LogP contribution < -0.4 is 0 Å². The van der Waals surface area contributed by atoms with Crippen molar-refractivity contribution in [1.29, 1.82) is 0 Å². The SMILES string of the molecule is CCCN1CCC(CN2CCN(C(C)(C)C)CC2)CC1. The van der Waals surface area contributed by atoms with Gasteiger partial charge in [0.25, 0.3) is 0 Å². The highest BCUT2D eigenvalue weighted by atomic mass is 15.3. The predicted octanol–water partition coefficient (Wildman–Crippen LogP) is 2.52. The molecule has 3 nitrogen and oxygen atoms in total. The lowest BCUT2D eigenvalue weighted by molar-refractivity contribution is 0.0479. The largest absolute Gasteiger partial charge is 0.303 e. The minimum atomic E-state index is 0.345. The third kappa shape index (κ3) is 4.71. The molecule has 2 aliphatic heterocycles. The van der Waals surface area contributed by atoms with Crippen LogP contribution in [0.15, 0.2) is 0 Å². The van der Waals surface area contributed by atoms with Gasteiger partial charge in [0, 0.05) is 38.3 Å². The normalized spacial score (nSPS) is 25.2. The van der Waals surface area contributed by atoms with Gasteiger partial charge in [0.15, 0.2) is 0 Å². The Kier molecular flexibility index (Phi) is 5.88. The summed E-state index contributed by atoms with van der Waals surface area (Å²) in [6, 6.07) is 0. The average molecular weight is 281 g/mol. The maximum atomic E-state index is 2.71. The molecule has 20 heavy (non-hydrogen) atoms. The standard InChI is InChI=1S/C17H35N3/c1-5-8-18-9-6-16(7-10-18)15-19-11-13-20(14-12-19)17(2,3)4/h16H,5-15H2,1-4H3. The van der Waals surface area contributed by atoms with Gasteiger partial charge in [-0.05, 0) is 65.6 Å². The van der Waals surface area contributed by atoms with E-state index in [0.717, 1.165) is 5.92 Å². The molecule has 118 valence electrons. The topological polar surface area (TPSA) is 9.72 Å². The van der Waals surface area contributed by atoms with E-state index in [-0.39, 0.29) is 0 Å². The second-order valence-corrected chi connectivity index (χ2v) is 7.74. The van der Waals surface area contributed by atoms with Gasteiger partial charge < -0.3 is 9.80 Å². The lowest BCUT2D eigenvalue weighted by Gasteiger charge is -2.43. The van der Waals surface area contributed by atoms with Crippen LogP contribution in [0, 0.1) is 5.92 Å². The fraction of sp³-hybridized carbons (Fsp3) is 1.00. The van der Waals surface area contributed by atoms with E-state index in [1.807, 2.05) is 0 Å². The van der Waals surface area contributed by atoms with Crippen LogP contribution >= 0.6 is 0 Å². The molecule has 0 aromatic carbocycles. The van der Waals surface area contributed by atoms with Crippen LogP contribution in [0.4, 0.5) is 0 Å². The number of hydrogen-bond acceptors (Lipinski definition) is 3. The number of rotatable bonds is 4. The highest BCUT2D eigenvalue weighted by Crippen LogP contribution is 2.21. The number of piperazine rings is 1. The van der Waals surface area contributed by atoms with Gasteiger partial charge in [-0.2, -0.15) is 0 Å². The first-order valence-electron chi connectivity index (χ1n) is 8.69. The summed E-state index contributed by atoms with van der Waals surface area (Å²) in [5.74, 6) is 0.948. The van der Waals surface area contributed by atoms with E-state index in [1.165, 1.54) is 71.6 Å². The van der Waals surface area contributed by atoms with E-state index >= 15 is 0 Å². The predicted molar refractivity (Wildman–Crippen MR) is 87.2 cm³/mol. The Bertz CT molecular complexity index is 268. The van der Waals surface area contributed by atoms with Crippen LogP contribution in [0.1, 0.15) is 47.0 Å². The zero-order chi connectivity index (χ0) is 14.6. The Morgan fingerprint density at radius 3 is 1.95 bits per heavy atom. The summed E-state index contributed by atoms with van der Waals surface area (Å²) in [4.78, 5) is 7.99. The molecule has 2 rings (SSSR count). The van der Waals surface area contributed by atoms with Gasteiger partial charge in [0.1, 0.15) is 0 Å². The van der Waals surface area contributed by atoms with Crippen molar-refractivity contribution in [2.24, 2.45) is 5.92 Å². The van der Waals surface area contributed by atoms with Crippen molar-refractivity contribution >= 4 is 0 Å². The fourth-order valence-corrected chi connectivity index (χ4v) is 3.68. The van der Waals surface area contributed by atoms with E-state index in [0.29, 0.717) is 5.54 Å². The Labute approximate surface area is 126 Å². The zero-order valence-electron chi connectivity index (χ0n) is 14.2. The third-order valence-corrected chi connectivity index (χ3v) is 5.08. The Hall–Kier alpha value is -0.120. The van der Waals surface area contributed by atoms with Gasteiger partial charge in [0.2, 0.25) is 0 Å². The van der Waals surface area contributed by atoms with Crippen LogP contribution in [0.3, 0.4) is 0 Å². The maximum absolute atomic E-state index is 2.71. The molecule has 0 saturated carbocycles. The number of hydrogen-bond donors (Lipinski definition) is 0. The summed E-state index contributed by atoms with van der Waals surface area (Å²) < 4.78 is 0. The van der Waals surface area contributed by atoms with Crippen molar-refractivity contribution in [3.05, 3.63) is 0 Å². The summed E-state index contributed by atoms with van der Waals surface area (Å²) in [5.41, 5.74) is 0.345. The summed E-state index contributed by atoms with van der Waals surface area (Å²) in [5, 5.41) is 0. The number of nitrogens with zero attached hydrogens (tertiary/aromatic N) is 3. The Morgan fingerprint density at radius 2 is 1.45 bits per heavy atom. The average Bonchev–Trinajstić information content (AvgIpc) is 2.41. The van der Waals surface area contributed by atoms with E-state index < -0.39 is 0 Å². The minimum Gasteiger partial charge on any atom is -0.303 e. The highest BCUT2D eigenvalue weighted by molar-refractivity contribution is 4.83. The van der Waals surface area contributed by atoms with E-state index in [9.17, 15) is 0 Å². The molecule has 2 saturated heterocycles. The van der Waals surface area contributed by atoms with Crippen LogP contribution in [0.5, 0.6) is 0 Å².